The molecule has 0 spiro atoms. The van der Waals surface area contributed by atoms with Gasteiger partial charge in [-0.05, 0) is 62.2 Å². The van der Waals surface area contributed by atoms with E-state index in [4.69, 9.17) is 0 Å². The number of carbonyl (C=O) groups is 1. The summed E-state index contributed by atoms with van der Waals surface area (Å²) in [6.07, 6.45) is 0.456. The second kappa shape index (κ2) is 8.91. The molecule has 0 atom stereocenters. The van der Waals surface area contributed by atoms with Gasteiger partial charge in [0, 0.05) is 25.2 Å². The van der Waals surface area contributed by atoms with Crippen LogP contribution in [0.1, 0.15) is 29.8 Å². The summed E-state index contributed by atoms with van der Waals surface area (Å²) in [5.41, 5.74) is 1.30. The first kappa shape index (κ1) is 20.1. The molecule has 5 nitrogen and oxygen atoms in total. The third-order valence-electron chi connectivity index (χ3n) is 4.08. The maximum Gasteiger partial charge on any atom is 0.253 e. The molecule has 0 saturated heterocycles. The summed E-state index contributed by atoms with van der Waals surface area (Å²) >= 11 is 0. The van der Waals surface area contributed by atoms with Crippen molar-refractivity contribution in [3.05, 3.63) is 65.5 Å². The van der Waals surface area contributed by atoms with Crippen LogP contribution in [0, 0.1) is 5.82 Å². The molecule has 140 valence electrons. The molecule has 0 aliphatic carbocycles. The van der Waals surface area contributed by atoms with Crippen LogP contribution in [0.5, 0.6) is 0 Å². The van der Waals surface area contributed by atoms with E-state index in [2.05, 4.69) is 4.72 Å². The van der Waals surface area contributed by atoms with Gasteiger partial charge in [-0.2, -0.15) is 0 Å². The van der Waals surface area contributed by atoms with Crippen LogP contribution >= 0.6 is 0 Å². The van der Waals surface area contributed by atoms with Crippen molar-refractivity contribution in [2.75, 3.05) is 19.6 Å². The van der Waals surface area contributed by atoms with Gasteiger partial charge in [-0.25, -0.2) is 17.5 Å². The average molecular weight is 378 g/mol. The van der Waals surface area contributed by atoms with Crippen molar-refractivity contribution in [3.8, 4) is 0 Å². The van der Waals surface area contributed by atoms with Gasteiger partial charge in [-0.3, -0.25) is 4.79 Å². The minimum absolute atomic E-state index is 0.104. The number of nitrogens with zero attached hydrogens (tertiary/aromatic N) is 1. The Balaban J connectivity index is 2.00. The van der Waals surface area contributed by atoms with E-state index in [0.29, 0.717) is 25.1 Å². The summed E-state index contributed by atoms with van der Waals surface area (Å²) in [7, 11) is -3.66. The number of amides is 1. The van der Waals surface area contributed by atoms with Crippen LogP contribution in [-0.4, -0.2) is 38.9 Å². The molecule has 0 aliphatic rings. The second-order valence-corrected chi connectivity index (χ2v) is 7.54. The Morgan fingerprint density at radius 2 is 1.58 bits per heavy atom. The molecule has 0 heterocycles. The van der Waals surface area contributed by atoms with Crippen molar-refractivity contribution in [2.45, 2.75) is 25.2 Å². The molecule has 0 saturated carbocycles. The molecule has 2 aromatic rings. The van der Waals surface area contributed by atoms with E-state index in [-0.39, 0.29) is 23.2 Å². The Labute approximate surface area is 153 Å². The van der Waals surface area contributed by atoms with E-state index < -0.39 is 10.0 Å². The Bertz CT molecular complexity index is 830. The third-order valence-corrected chi connectivity index (χ3v) is 5.56. The van der Waals surface area contributed by atoms with Crippen LogP contribution in [0.15, 0.2) is 53.4 Å². The van der Waals surface area contributed by atoms with Crippen molar-refractivity contribution in [2.24, 2.45) is 0 Å². The van der Waals surface area contributed by atoms with Gasteiger partial charge in [0.05, 0.1) is 4.90 Å². The van der Waals surface area contributed by atoms with Crippen LogP contribution in [0.2, 0.25) is 0 Å². The van der Waals surface area contributed by atoms with Crippen LogP contribution in [0.3, 0.4) is 0 Å². The highest BCUT2D eigenvalue weighted by atomic mass is 32.2. The summed E-state index contributed by atoms with van der Waals surface area (Å²) in [6.45, 7) is 5.19. The lowest BCUT2D eigenvalue weighted by Gasteiger charge is -2.18. The standard InChI is InChI=1S/C19H23FN2O3S/c1-3-22(4-2)19(23)16-7-11-18(12-8-16)26(24,25)21-14-13-15-5-9-17(20)10-6-15/h5-12,21H,3-4,13-14H2,1-2H3. The number of nitrogens with one attached hydrogen (secondary N) is 1. The Morgan fingerprint density at radius 3 is 2.12 bits per heavy atom. The van der Waals surface area contributed by atoms with Crippen LogP contribution in [0.4, 0.5) is 4.39 Å². The van der Waals surface area contributed by atoms with E-state index >= 15 is 0 Å². The molecule has 7 heteroatoms. The minimum atomic E-state index is -3.66. The summed E-state index contributed by atoms with van der Waals surface area (Å²) in [5.74, 6) is -0.447. The maximum absolute atomic E-state index is 12.9. The highest BCUT2D eigenvalue weighted by Crippen LogP contribution is 2.13. The number of halogens is 1. The number of hydrogen-bond donors (Lipinski definition) is 1. The van der Waals surface area contributed by atoms with Gasteiger partial charge in [-0.15, -0.1) is 0 Å². The first-order valence-electron chi connectivity index (χ1n) is 8.50. The van der Waals surface area contributed by atoms with E-state index in [1.165, 1.54) is 36.4 Å². The van der Waals surface area contributed by atoms with E-state index in [1.807, 2.05) is 13.8 Å². The normalized spacial score (nSPS) is 11.3. The predicted octanol–water partition coefficient (Wildman–Crippen LogP) is 2.83. The van der Waals surface area contributed by atoms with E-state index in [9.17, 15) is 17.6 Å². The first-order valence-corrected chi connectivity index (χ1v) is 9.99. The lowest BCUT2D eigenvalue weighted by molar-refractivity contribution is 0.0773. The molecule has 0 radical (unpaired) electrons. The first-order chi connectivity index (χ1) is 12.4. The van der Waals surface area contributed by atoms with Crippen molar-refractivity contribution < 1.29 is 17.6 Å². The van der Waals surface area contributed by atoms with Gasteiger partial charge in [0.25, 0.3) is 5.91 Å². The van der Waals surface area contributed by atoms with Crippen molar-refractivity contribution in [3.63, 3.8) is 0 Å². The fourth-order valence-corrected chi connectivity index (χ4v) is 3.57. The number of benzene rings is 2. The van der Waals surface area contributed by atoms with Crippen molar-refractivity contribution in [1.29, 1.82) is 0 Å². The zero-order chi connectivity index (χ0) is 19.2. The molecule has 26 heavy (non-hydrogen) atoms. The molecule has 1 amide bonds. The fraction of sp³-hybridized carbons (Fsp3) is 0.316. The molecule has 2 aromatic carbocycles. The molecular formula is C19H23FN2O3S. The monoisotopic (exact) mass is 378 g/mol. The molecule has 0 unspecified atom stereocenters. The van der Waals surface area contributed by atoms with Gasteiger partial charge >= 0.3 is 0 Å². The Morgan fingerprint density at radius 1 is 1.00 bits per heavy atom. The van der Waals surface area contributed by atoms with Crippen LogP contribution in [0.25, 0.3) is 0 Å². The average Bonchev–Trinajstić information content (AvgIpc) is 2.64. The summed E-state index contributed by atoms with van der Waals surface area (Å²) < 4.78 is 40.1. The minimum Gasteiger partial charge on any atom is -0.339 e. The lowest BCUT2D eigenvalue weighted by Crippen LogP contribution is -2.30. The van der Waals surface area contributed by atoms with Gasteiger partial charge in [-0.1, -0.05) is 12.1 Å². The zero-order valence-electron chi connectivity index (χ0n) is 14.9. The zero-order valence-corrected chi connectivity index (χ0v) is 15.7. The lowest BCUT2D eigenvalue weighted by atomic mass is 10.1. The van der Waals surface area contributed by atoms with Gasteiger partial charge in [0.15, 0.2) is 0 Å². The molecule has 2 rings (SSSR count). The number of rotatable bonds is 8. The van der Waals surface area contributed by atoms with Crippen LogP contribution < -0.4 is 4.72 Å². The number of hydrogen-bond acceptors (Lipinski definition) is 3. The van der Waals surface area contributed by atoms with Gasteiger partial charge in [0.1, 0.15) is 5.82 Å². The van der Waals surface area contributed by atoms with Crippen molar-refractivity contribution >= 4 is 15.9 Å². The van der Waals surface area contributed by atoms with Crippen LogP contribution in [-0.2, 0) is 16.4 Å². The molecule has 0 aromatic heterocycles. The second-order valence-electron chi connectivity index (χ2n) is 5.78. The van der Waals surface area contributed by atoms with Gasteiger partial charge in [0.2, 0.25) is 10.0 Å². The highest BCUT2D eigenvalue weighted by Gasteiger charge is 2.16. The van der Waals surface area contributed by atoms with Gasteiger partial charge < -0.3 is 4.90 Å². The SMILES string of the molecule is CCN(CC)C(=O)c1ccc(S(=O)(=O)NCCc2ccc(F)cc2)cc1. The molecule has 0 fully saturated rings. The quantitative estimate of drug-likeness (QED) is 0.768. The smallest absolute Gasteiger partial charge is 0.253 e. The van der Waals surface area contributed by atoms with E-state index in [1.54, 1.807) is 17.0 Å². The molecule has 1 N–H and O–H groups in total. The third kappa shape index (κ3) is 5.12. The number of carbonyl (C=O) groups excluding carboxylic acids is 1. The molecule has 0 aliphatic heterocycles. The number of sulfonamides is 1. The Kier molecular flexibility index (Phi) is 6.88. The summed E-state index contributed by atoms with van der Waals surface area (Å²) in [5, 5.41) is 0. The largest absolute Gasteiger partial charge is 0.339 e. The Hall–Kier alpha value is -2.25. The maximum atomic E-state index is 12.9. The molecular weight excluding hydrogens is 355 g/mol. The predicted molar refractivity (Wildman–Crippen MR) is 99.0 cm³/mol. The fourth-order valence-electron chi connectivity index (χ4n) is 2.53. The summed E-state index contributed by atoms with van der Waals surface area (Å²) in [4.78, 5) is 14.0. The highest BCUT2D eigenvalue weighted by molar-refractivity contribution is 7.89. The van der Waals surface area contributed by atoms with Crippen molar-refractivity contribution in [1.82, 2.24) is 9.62 Å². The topological polar surface area (TPSA) is 66.5 Å². The van der Waals surface area contributed by atoms with E-state index in [0.717, 1.165) is 5.56 Å². The summed E-state index contributed by atoms with van der Waals surface area (Å²) in [6, 6.07) is 11.8. The molecule has 0 bridgehead atoms.